The van der Waals surface area contributed by atoms with Crippen LogP contribution in [0.15, 0.2) is 63.5 Å². The number of ether oxygens (including phenoxy) is 3. The molecule has 1 atom stereocenters. The van der Waals surface area contributed by atoms with Gasteiger partial charge in [0.25, 0.3) is 5.56 Å². The Kier molecular flexibility index (Phi) is 8.28. The molecule has 1 aliphatic heterocycles. The lowest BCUT2D eigenvalue weighted by molar-refractivity contribution is -0.139. The van der Waals surface area contributed by atoms with Gasteiger partial charge in [-0.15, -0.1) is 0 Å². The van der Waals surface area contributed by atoms with Crippen LogP contribution < -0.4 is 24.4 Å². The number of fused-ring (bicyclic) bond motifs is 1. The number of hydrogen-bond donors (Lipinski definition) is 0. The van der Waals surface area contributed by atoms with Gasteiger partial charge in [-0.25, -0.2) is 9.79 Å². The Hall–Kier alpha value is -3.25. The molecule has 37 heavy (non-hydrogen) atoms. The van der Waals surface area contributed by atoms with Crippen LogP contribution in [0.5, 0.6) is 11.5 Å². The highest BCUT2D eigenvalue weighted by Crippen LogP contribution is 2.35. The van der Waals surface area contributed by atoms with Crippen molar-refractivity contribution in [3.63, 3.8) is 0 Å². The first-order chi connectivity index (χ1) is 17.7. The second kappa shape index (κ2) is 11.4. The van der Waals surface area contributed by atoms with Gasteiger partial charge in [0.15, 0.2) is 16.3 Å². The van der Waals surface area contributed by atoms with E-state index in [-0.39, 0.29) is 12.2 Å². The van der Waals surface area contributed by atoms with Gasteiger partial charge < -0.3 is 14.2 Å². The molecule has 0 fully saturated rings. The summed E-state index contributed by atoms with van der Waals surface area (Å²) in [7, 11) is 0. The Balaban J connectivity index is 1.90. The van der Waals surface area contributed by atoms with Crippen LogP contribution in [0.25, 0.3) is 6.08 Å². The van der Waals surface area contributed by atoms with Crippen molar-refractivity contribution in [1.82, 2.24) is 4.57 Å². The molecular formula is C27H25IN2O6S. The number of esters is 2. The van der Waals surface area contributed by atoms with E-state index in [0.29, 0.717) is 47.8 Å². The molecule has 0 amide bonds. The maximum atomic E-state index is 13.7. The number of allylic oxidation sites excluding steroid dienone is 1. The van der Waals surface area contributed by atoms with E-state index in [0.717, 1.165) is 5.56 Å². The Labute approximate surface area is 231 Å². The molecule has 192 valence electrons. The summed E-state index contributed by atoms with van der Waals surface area (Å²) in [5.74, 6) is -0.198. The summed E-state index contributed by atoms with van der Waals surface area (Å²) in [5.41, 5.74) is 2.06. The number of aromatic nitrogens is 1. The predicted molar refractivity (Wildman–Crippen MR) is 148 cm³/mol. The number of hydrogen-bond acceptors (Lipinski definition) is 8. The number of carbonyl (C=O) groups is 2. The summed E-state index contributed by atoms with van der Waals surface area (Å²) in [6.45, 7) is 7.25. The van der Waals surface area contributed by atoms with Crippen LogP contribution in [0.2, 0.25) is 0 Å². The number of carbonyl (C=O) groups excluding carboxylic acids is 2. The van der Waals surface area contributed by atoms with Gasteiger partial charge >= 0.3 is 11.9 Å². The van der Waals surface area contributed by atoms with Gasteiger partial charge in [-0.1, -0.05) is 41.7 Å². The lowest BCUT2D eigenvalue weighted by Crippen LogP contribution is -2.39. The fourth-order valence-electron chi connectivity index (χ4n) is 4.07. The molecule has 1 aliphatic rings. The quantitative estimate of drug-likeness (QED) is 0.224. The van der Waals surface area contributed by atoms with Gasteiger partial charge in [-0.2, -0.15) is 0 Å². The van der Waals surface area contributed by atoms with E-state index in [1.807, 2.05) is 43.3 Å². The number of thiazole rings is 1. The van der Waals surface area contributed by atoms with Crippen molar-refractivity contribution in [2.75, 3.05) is 13.2 Å². The minimum absolute atomic E-state index is 0.214. The van der Waals surface area contributed by atoms with Crippen molar-refractivity contribution in [2.24, 2.45) is 4.99 Å². The first-order valence-electron chi connectivity index (χ1n) is 11.6. The molecular weight excluding hydrogens is 607 g/mol. The number of rotatable bonds is 7. The molecule has 0 saturated carbocycles. The van der Waals surface area contributed by atoms with Crippen LogP contribution >= 0.6 is 33.9 Å². The zero-order chi connectivity index (χ0) is 26.7. The molecule has 1 aromatic heterocycles. The van der Waals surface area contributed by atoms with E-state index in [4.69, 9.17) is 14.2 Å². The third-order valence-corrected chi connectivity index (χ3v) is 7.29. The Morgan fingerprint density at radius 1 is 1.16 bits per heavy atom. The molecule has 4 rings (SSSR count). The summed E-state index contributed by atoms with van der Waals surface area (Å²) in [5, 5.41) is 0. The fraction of sp³-hybridized carbons (Fsp3) is 0.259. The first-order valence-corrected chi connectivity index (χ1v) is 13.5. The molecule has 0 spiro atoms. The van der Waals surface area contributed by atoms with Gasteiger partial charge in [-0.3, -0.25) is 14.2 Å². The Morgan fingerprint density at radius 2 is 1.89 bits per heavy atom. The second-order valence-corrected chi connectivity index (χ2v) is 10.2. The van der Waals surface area contributed by atoms with E-state index >= 15 is 0 Å². The summed E-state index contributed by atoms with van der Waals surface area (Å²) < 4.78 is 19.0. The van der Waals surface area contributed by atoms with Gasteiger partial charge in [0.1, 0.15) is 0 Å². The largest absolute Gasteiger partial charge is 0.490 e. The minimum atomic E-state index is -0.663. The van der Waals surface area contributed by atoms with Crippen LogP contribution in [0.3, 0.4) is 0 Å². The number of halogens is 1. The van der Waals surface area contributed by atoms with E-state index in [9.17, 15) is 14.4 Å². The van der Waals surface area contributed by atoms with Crippen LogP contribution in [0, 0.1) is 3.57 Å². The lowest BCUT2D eigenvalue weighted by atomic mass is 9.96. The molecule has 0 radical (unpaired) electrons. The predicted octanol–water partition coefficient (Wildman–Crippen LogP) is 3.73. The van der Waals surface area contributed by atoms with Crippen molar-refractivity contribution in [2.45, 2.75) is 33.7 Å². The van der Waals surface area contributed by atoms with Crippen molar-refractivity contribution in [1.29, 1.82) is 0 Å². The third-order valence-electron chi connectivity index (χ3n) is 5.51. The van der Waals surface area contributed by atoms with E-state index < -0.39 is 18.0 Å². The number of nitrogens with zero attached hydrogens (tertiary/aromatic N) is 2. The summed E-state index contributed by atoms with van der Waals surface area (Å²) in [6, 6.07) is 12.2. The van der Waals surface area contributed by atoms with Crippen LogP contribution in [-0.2, 0) is 14.3 Å². The zero-order valence-electron chi connectivity index (χ0n) is 20.7. The summed E-state index contributed by atoms with van der Waals surface area (Å²) >= 11 is 3.31. The molecule has 0 bridgehead atoms. The SMILES string of the molecule is CCOC(=O)C1=C(C)N=c2s/c(=C\c3cc(I)c(OC(C)=O)c(OCC)c3)c(=O)n2[C@@H]1c1ccccc1. The molecule has 0 N–H and O–H groups in total. The van der Waals surface area contributed by atoms with Gasteiger partial charge in [0.2, 0.25) is 0 Å². The van der Waals surface area contributed by atoms with Gasteiger partial charge in [0.05, 0.1) is 38.6 Å². The lowest BCUT2D eigenvalue weighted by Gasteiger charge is -2.24. The monoisotopic (exact) mass is 632 g/mol. The average molecular weight is 632 g/mol. The average Bonchev–Trinajstić information content (AvgIpc) is 3.15. The smallest absolute Gasteiger partial charge is 0.338 e. The van der Waals surface area contributed by atoms with Crippen molar-refractivity contribution in [3.8, 4) is 11.5 Å². The molecule has 2 heterocycles. The normalized spacial score (nSPS) is 15.2. The zero-order valence-corrected chi connectivity index (χ0v) is 23.7. The minimum Gasteiger partial charge on any atom is -0.490 e. The van der Waals surface area contributed by atoms with Gasteiger partial charge in [0, 0.05) is 6.92 Å². The first kappa shape index (κ1) is 26.8. The maximum absolute atomic E-state index is 13.7. The maximum Gasteiger partial charge on any atom is 0.338 e. The molecule has 0 saturated heterocycles. The summed E-state index contributed by atoms with van der Waals surface area (Å²) in [6.07, 6.45) is 1.75. The molecule has 10 heteroatoms. The molecule has 8 nitrogen and oxygen atoms in total. The van der Waals surface area contributed by atoms with Crippen molar-refractivity contribution >= 4 is 51.9 Å². The van der Waals surface area contributed by atoms with E-state index in [1.165, 1.54) is 18.3 Å². The fourth-order valence-corrected chi connectivity index (χ4v) is 5.85. The van der Waals surface area contributed by atoms with Crippen molar-refractivity contribution < 1.29 is 23.8 Å². The standard InChI is InChI=1S/C27H25IN2O6S/c1-5-34-20-13-17(12-19(28)24(20)36-16(4)31)14-21-25(32)30-23(18-10-8-7-9-11-18)22(26(33)35-6-2)15(3)29-27(30)37-21/h7-14,23H,5-6H2,1-4H3/b21-14-/t23-/m1/s1. The van der Waals surface area contributed by atoms with E-state index in [2.05, 4.69) is 27.6 Å². The third kappa shape index (κ3) is 5.54. The molecule has 0 aliphatic carbocycles. The van der Waals surface area contributed by atoms with Crippen LogP contribution in [-0.4, -0.2) is 29.7 Å². The molecule has 2 aromatic carbocycles. The number of benzene rings is 2. The molecule has 3 aromatic rings. The topological polar surface area (TPSA) is 96.2 Å². The van der Waals surface area contributed by atoms with Crippen molar-refractivity contribution in [3.05, 3.63) is 88.1 Å². The van der Waals surface area contributed by atoms with E-state index in [1.54, 1.807) is 30.6 Å². The highest BCUT2D eigenvalue weighted by molar-refractivity contribution is 14.1. The van der Waals surface area contributed by atoms with Crippen LogP contribution in [0.4, 0.5) is 0 Å². The summed E-state index contributed by atoms with van der Waals surface area (Å²) in [4.78, 5) is 43.3. The second-order valence-electron chi connectivity index (χ2n) is 8.07. The Morgan fingerprint density at radius 3 is 2.54 bits per heavy atom. The highest BCUT2D eigenvalue weighted by Gasteiger charge is 2.33. The molecule has 0 unspecified atom stereocenters. The van der Waals surface area contributed by atoms with Gasteiger partial charge in [-0.05, 0) is 72.7 Å². The van der Waals surface area contributed by atoms with Crippen LogP contribution in [0.1, 0.15) is 44.9 Å². The Bertz CT molecular complexity index is 1570. The highest BCUT2D eigenvalue weighted by atomic mass is 127.